The minimum atomic E-state index is -0.657. The van der Waals surface area contributed by atoms with E-state index in [0.717, 1.165) is 16.5 Å². The van der Waals surface area contributed by atoms with E-state index in [1.165, 1.54) is 16.9 Å². The van der Waals surface area contributed by atoms with Crippen LogP contribution in [0.4, 0.5) is 0 Å². The maximum absolute atomic E-state index is 12.2. The van der Waals surface area contributed by atoms with Gasteiger partial charge in [-0.15, -0.1) is 11.3 Å². The zero-order chi connectivity index (χ0) is 18.1. The van der Waals surface area contributed by atoms with Crippen molar-refractivity contribution in [3.63, 3.8) is 0 Å². The molecule has 0 saturated heterocycles. The third-order valence-corrected chi connectivity index (χ3v) is 4.49. The average molecular weight is 347 g/mol. The molecule has 0 aliphatic rings. The zero-order valence-corrected chi connectivity index (χ0v) is 16.0. The second kappa shape index (κ2) is 6.55. The maximum atomic E-state index is 12.2. The van der Waals surface area contributed by atoms with Gasteiger partial charge in [0, 0.05) is 4.70 Å². The lowest BCUT2D eigenvalue weighted by atomic mass is 9.88. The Kier molecular flexibility index (Phi) is 5.04. The van der Waals surface area contributed by atoms with Crippen molar-refractivity contribution in [1.29, 1.82) is 0 Å². The first kappa shape index (κ1) is 18.5. The summed E-state index contributed by atoms with van der Waals surface area (Å²) in [6, 6.07) is 8.08. The van der Waals surface area contributed by atoms with Gasteiger partial charge in [0.1, 0.15) is 0 Å². The standard InChI is InChI=1S/C19H25NO3S/c1-18(2,3)11-12-7-8-13-10-15(24-14(13)9-12)16(21)20-23-17(22)19(4,5)6/h7-10H,11H2,1-6H3,(H,20,21). The monoisotopic (exact) mass is 347 g/mol. The van der Waals surface area contributed by atoms with Crippen LogP contribution in [0.1, 0.15) is 56.8 Å². The Hall–Kier alpha value is -1.88. The van der Waals surface area contributed by atoms with Crippen molar-refractivity contribution < 1.29 is 14.4 Å². The molecule has 0 saturated carbocycles. The van der Waals surface area contributed by atoms with Crippen LogP contribution in [-0.2, 0) is 16.1 Å². The highest BCUT2D eigenvalue weighted by molar-refractivity contribution is 7.20. The van der Waals surface area contributed by atoms with Gasteiger partial charge in [0.2, 0.25) is 0 Å². The Labute approximate surface area is 147 Å². The summed E-state index contributed by atoms with van der Waals surface area (Å²) < 4.78 is 1.06. The molecule has 0 unspecified atom stereocenters. The Morgan fingerprint density at radius 1 is 1.08 bits per heavy atom. The Morgan fingerprint density at radius 2 is 1.75 bits per heavy atom. The lowest BCUT2D eigenvalue weighted by Gasteiger charge is -2.17. The molecule has 130 valence electrons. The lowest BCUT2D eigenvalue weighted by Crippen LogP contribution is -2.32. The molecule has 0 atom stereocenters. The molecule has 1 heterocycles. The van der Waals surface area contributed by atoms with Crippen molar-refractivity contribution in [2.75, 3.05) is 0 Å². The molecule has 24 heavy (non-hydrogen) atoms. The van der Waals surface area contributed by atoms with Gasteiger partial charge in [-0.2, -0.15) is 5.48 Å². The molecule has 0 fully saturated rings. The summed E-state index contributed by atoms with van der Waals surface area (Å²) in [5.74, 6) is -0.865. The Morgan fingerprint density at radius 3 is 2.33 bits per heavy atom. The number of nitrogens with one attached hydrogen (secondary N) is 1. The Balaban J connectivity index is 2.12. The maximum Gasteiger partial charge on any atom is 0.337 e. The van der Waals surface area contributed by atoms with Gasteiger partial charge in [-0.1, -0.05) is 32.9 Å². The smallest absolute Gasteiger partial charge is 0.337 e. The van der Waals surface area contributed by atoms with Crippen LogP contribution in [0.25, 0.3) is 10.1 Å². The van der Waals surface area contributed by atoms with Crippen molar-refractivity contribution >= 4 is 33.3 Å². The molecule has 1 aromatic carbocycles. The fourth-order valence-electron chi connectivity index (χ4n) is 2.21. The van der Waals surface area contributed by atoms with Crippen LogP contribution in [0, 0.1) is 10.8 Å². The number of thiophene rings is 1. The predicted octanol–water partition coefficient (Wildman–Crippen LogP) is 4.72. The third-order valence-electron chi connectivity index (χ3n) is 3.39. The number of fused-ring (bicyclic) bond motifs is 1. The summed E-state index contributed by atoms with van der Waals surface area (Å²) in [7, 11) is 0. The summed E-state index contributed by atoms with van der Waals surface area (Å²) in [5.41, 5.74) is 3.05. The van der Waals surface area contributed by atoms with Crippen LogP contribution in [-0.4, -0.2) is 11.9 Å². The number of amides is 1. The number of hydroxylamine groups is 1. The van der Waals surface area contributed by atoms with Crippen molar-refractivity contribution in [3.8, 4) is 0 Å². The highest BCUT2D eigenvalue weighted by Gasteiger charge is 2.24. The largest absolute Gasteiger partial charge is 0.340 e. The van der Waals surface area contributed by atoms with Gasteiger partial charge in [-0.3, -0.25) is 4.79 Å². The number of hydrogen-bond acceptors (Lipinski definition) is 4. The SMILES string of the molecule is CC(C)(C)Cc1ccc2cc(C(=O)NOC(=O)C(C)(C)C)sc2c1. The van der Waals surface area contributed by atoms with Gasteiger partial charge < -0.3 is 4.84 Å². The third kappa shape index (κ3) is 4.81. The van der Waals surface area contributed by atoms with Crippen LogP contribution in [0.5, 0.6) is 0 Å². The first-order valence-corrected chi connectivity index (χ1v) is 8.81. The minimum absolute atomic E-state index is 0.215. The second-order valence-electron chi connectivity index (χ2n) is 8.29. The molecule has 2 rings (SSSR count). The number of rotatable bonds is 2. The van der Waals surface area contributed by atoms with E-state index in [0.29, 0.717) is 4.88 Å². The minimum Gasteiger partial charge on any atom is -0.340 e. The van der Waals surface area contributed by atoms with Crippen LogP contribution >= 0.6 is 11.3 Å². The van der Waals surface area contributed by atoms with E-state index in [-0.39, 0.29) is 5.41 Å². The van der Waals surface area contributed by atoms with Crippen LogP contribution in [0.2, 0.25) is 0 Å². The molecule has 0 aliphatic carbocycles. The molecule has 0 aliphatic heterocycles. The van der Waals surface area contributed by atoms with Crippen molar-refractivity contribution in [1.82, 2.24) is 5.48 Å². The number of carbonyl (C=O) groups is 2. The van der Waals surface area contributed by atoms with E-state index in [1.54, 1.807) is 20.8 Å². The molecule has 0 spiro atoms. The van der Waals surface area contributed by atoms with E-state index >= 15 is 0 Å². The first-order chi connectivity index (χ1) is 11.0. The average Bonchev–Trinajstić information content (AvgIpc) is 2.84. The summed E-state index contributed by atoms with van der Waals surface area (Å²) in [4.78, 5) is 29.3. The molecular weight excluding hydrogens is 322 g/mol. The van der Waals surface area contributed by atoms with E-state index in [2.05, 4.69) is 38.4 Å². The van der Waals surface area contributed by atoms with Crippen LogP contribution < -0.4 is 5.48 Å². The summed E-state index contributed by atoms with van der Waals surface area (Å²) >= 11 is 1.40. The number of carbonyl (C=O) groups excluding carboxylic acids is 2. The second-order valence-corrected chi connectivity index (χ2v) is 9.37. The van der Waals surface area contributed by atoms with E-state index in [9.17, 15) is 9.59 Å². The van der Waals surface area contributed by atoms with Gasteiger partial charge in [0.15, 0.2) is 0 Å². The first-order valence-electron chi connectivity index (χ1n) is 8.00. The van der Waals surface area contributed by atoms with Gasteiger partial charge in [-0.05, 0) is 55.7 Å². The van der Waals surface area contributed by atoms with E-state index in [4.69, 9.17) is 4.84 Å². The molecule has 1 N–H and O–H groups in total. The molecule has 2 aromatic rings. The van der Waals surface area contributed by atoms with Gasteiger partial charge >= 0.3 is 5.97 Å². The predicted molar refractivity (Wildman–Crippen MR) is 98.0 cm³/mol. The van der Waals surface area contributed by atoms with Gasteiger partial charge in [-0.25, -0.2) is 4.79 Å². The summed E-state index contributed by atoms with van der Waals surface area (Å²) in [6.07, 6.45) is 0.978. The molecule has 1 amide bonds. The number of benzene rings is 1. The molecule has 1 aromatic heterocycles. The quantitative estimate of drug-likeness (QED) is 0.800. The summed E-state index contributed by atoms with van der Waals surface area (Å²) in [5, 5.41) is 1.02. The van der Waals surface area contributed by atoms with Crippen molar-refractivity contribution in [2.24, 2.45) is 10.8 Å². The van der Waals surface area contributed by atoms with E-state index < -0.39 is 17.3 Å². The van der Waals surface area contributed by atoms with Crippen molar-refractivity contribution in [3.05, 3.63) is 34.7 Å². The van der Waals surface area contributed by atoms with Gasteiger partial charge in [0.25, 0.3) is 5.91 Å². The zero-order valence-electron chi connectivity index (χ0n) is 15.1. The number of hydrogen-bond donors (Lipinski definition) is 1. The van der Waals surface area contributed by atoms with Crippen LogP contribution in [0.15, 0.2) is 24.3 Å². The molecular formula is C19H25NO3S. The fourth-order valence-corrected chi connectivity index (χ4v) is 3.22. The highest BCUT2D eigenvalue weighted by Crippen LogP contribution is 2.29. The fraction of sp³-hybridized carbons (Fsp3) is 0.474. The van der Waals surface area contributed by atoms with E-state index in [1.807, 2.05) is 12.1 Å². The van der Waals surface area contributed by atoms with Crippen molar-refractivity contribution in [2.45, 2.75) is 48.0 Å². The highest BCUT2D eigenvalue weighted by atomic mass is 32.1. The summed E-state index contributed by atoms with van der Waals surface area (Å²) in [6.45, 7) is 11.8. The van der Waals surface area contributed by atoms with Crippen LogP contribution in [0.3, 0.4) is 0 Å². The van der Waals surface area contributed by atoms with Gasteiger partial charge in [0.05, 0.1) is 10.3 Å². The topological polar surface area (TPSA) is 55.4 Å². The normalized spacial score (nSPS) is 12.2. The molecule has 0 radical (unpaired) electrons. The molecule has 5 heteroatoms. The lowest BCUT2D eigenvalue weighted by molar-refractivity contribution is -0.158. The molecule has 0 bridgehead atoms. The molecule has 4 nitrogen and oxygen atoms in total. The Bertz CT molecular complexity index is 763.